The number of aromatic nitrogens is 1. The average Bonchev–Trinajstić information content (AvgIpc) is 2.74. The summed E-state index contributed by atoms with van der Waals surface area (Å²) in [7, 11) is 1.45. The van der Waals surface area contributed by atoms with Crippen molar-refractivity contribution >= 4 is 17.1 Å². The Morgan fingerprint density at radius 3 is 2.82 bits per heavy atom. The van der Waals surface area contributed by atoms with Crippen LogP contribution in [0.15, 0.2) is 23.7 Å². The fourth-order valence-corrected chi connectivity index (χ4v) is 2.26. The van der Waals surface area contributed by atoms with Crippen molar-refractivity contribution in [2.75, 3.05) is 7.11 Å². The molecule has 1 aromatic heterocycles. The fourth-order valence-electron chi connectivity index (χ4n) is 1.50. The number of halogens is 1. The number of rotatable bonds is 3. The van der Waals surface area contributed by atoms with Crippen molar-refractivity contribution in [3.8, 4) is 5.75 Å². The number of carbonyl (C=O) groups excluding carboxylic acids is 1. The number of ketones is 1. The summed E-state index contributed by atoms with van der Waals surface area (Å²) < 4.78 is 18.2. The molecule has 0 N–H and O–H groups in total. The Bertz CT molecular complexity index is 565. The monoisotopic (exact) mass is 251 g/mol. The maximum absolute atomic E-state index is 13.2. The summed E-state index contributed by atoms with van der Waals surface area (Å²) in [6.45, 7) is 1.75. The zero-order valence-electron chi connectivity index (χ0n) is 9.36. The molecule has 0 aliphatic carbocycles. The number of benzene rings is 1. The highest BCUT2D eigenvalue weighted by atomic mass is 32.1. The lowest BCUT2D eigenvalue weighted by molar-refractivity contribution is 0.103. The average molecular weight is 251 g/mol. The van der Waals surface area contributed by atoms with Crippen LogP contribution in [0.2, 0.25) is 0 Å². The van der Waals surface area contributed by atoms with E-state index >= 15 is 0 Å². The second-order valence-electron chi connectivity index (χ2n) is 3.44. The van der Waals surface area contributed by atoms with E-state index in [0.29, 0.717) is 16.3 Å². The normalized spacial score (nSPS) is 10.3. The van der Waals surface area contributed by atoms with Crippen LogP contribution in [-0.2, 0) is 0 Å². The number of methoxy groups -OCH3 is 1. The van der Waals surface area contributed by atoms with Gasteiger partial charge in [-0.05, 0) is 25.1 Å². The quantitative estimate of drug-likeness (QED) is 0.787. The van der Waals surface area contributed by atoms with Crippen molar-refractivity contribution in [3.63, 3.8) is 0 Å². The Morgan fingerprint density at radius 2 is 2.24 bits per heavy atom. The standard InChI is InChI=1S/C12H10FNO2S/c1-7-12(17-6-14-7)11(15)9-5-8(13)3-4-10(9)16-2/h3-6H,1-2H3. The Kier molecular flexibility index (Phi) is 3.19. The zero-order valence-corrected chi connectivity index (χ0v) is 10.2. The lowest BCUT2D eigenvalue weighted by Gasteiger charge is -2.06. The molecule has 1 aromatic carbocycles. The molecule has 0 spiro atoms. The molecule has 0 unspecified atom stereocenters. The van der Waals surface area contributed by atoms with Gasteiger partial charge in [0.2, 0.25) is 5.78 Å². The topological polar surface area (TPSA) is 39.2 Å². The van der Waals surface area contributed by atoms with Crippen molar-refractivity contribution in [3.05, 3.63) is 45.7 Å². The molecule has 0 saturated heterocycles. The molecule has 3 nitrogen and oxygen atoms in total. The predicted octanol–water partition coefficient (Wildman–Crippen LogP) is 2.83. The molecule has 0 aliphatic rings. The minimum atomic E-state index is -0.462. The summed E-state index contributed by atoms with van der Waals surface area (Å²) >= 11 is 1.24. The molecule has 17 heavy (non-hydrogen) atoms. The highest BCUT2D eigenvalue weighted by molar-refractivity contribution is 7.12. The Hall–Kier alpha value is -1.75. The van der Waals surface area contributed by atoms with Gasteiger partial charge in [0, 0.05) is 0 Å². The second-order valence-corrected chi connectivity index (χ2v) is 4.30. The van der Waals surface area contributed by atoms with Gasteiger partial charge in [-0.25, -0.2) is 9.37 Å². The lowest BCUT2D eigenvalue weighted by atomic mass is 10.1. The molecule has 0 bridgehead atoms. The third-order valence-corrected chi connectivity index (χ3v) is 3.29. The fraction of sp³-hybridized carbons (Fsp3) is 0.167. The third-order valence-electron chi connectivity index (χ3n) is 2.36. The van der Waals surface area contributed by atoms with Crippen LogP contribution in [0.25, 0.3) is 0 Å². The molecule has 5 heteroatoms. The maximum Gasteiger partial charge on any atom is 0.208 e. The van der Waals surface area contributed by atoms with Crippen molar-refractivity contribution in [1.29, 1.82) is 0 Å². The highest BCUT2D eigenvalue weighted by Crippen LogP contribution is 2.25. The number of hydrogen-bond acceptors (Lipinski definition) is 4. The van der Waals surface area contributed by atoms with Gasteiger partial charge in [-0.3, -0.25) is 4.79 Å². The predicted molar refractivity (Wildman–Crippen MR) is 63.2 cm³/mol. The third kappa shape index (κ3) is 2.19. The first-order valence-electron chi connectivity index (χ1n) is 4.92. The molecule has 0 radical (unpaired) electrons. The van der Waals surface area contributed by atoms with Crippen LogP contribution in [0, 0.1) is 12.7 Å². The summed E-state index contributed by atoms with van der Waals surface area (Å²) in [5, 5.41) is 0. The van der Waals surface area contributed by atoms with E-state index in [1.54, 1.807) is 12.4 Å². The van der Waals surface area contributed by atoms with Gasteiger partial charge in [0.15, 0.2) is 0 Å². The van der Waals surface area contributed by atoms with Crippen LogP contribution in [0.3, 0.4) is 0 Å². The van der Waals surface area contributed by atoms with E-state index in [-0.39, 0.29) is 11.3 Å². The number of ether oxygens (including phenoxy) is 1. The van der Waals surface area contributed by atoms with Gasteiger partial charge in [-0.15, -0.1) is 11.3 Å². The van der Waals surface area contributed by atoms with Crippen molar-refractivity contribution in [2.24, 2.45) is 0 Å². The molecule has 2 rings (SSSR count). The molecule has 0 saturated carbocycles. The molecular weight excluding hydrogens is 241 g/mol. The van der Waals surface area contributed by atoms with Crippen LogP contribution < -0.4 is 4.74 Å². The van der Waals surface area contributed by atoms with E-state index in [1.807, 2.05) is 0 Å². The van der Waals surface area contributed by atoms with E-state index in [9.17, 15) is 9.18 Å². The van der Waals surface area contributed by atoms with E-state index < -0.39 is 5.82 Å². The number of aryl methyl sites for hydroxylation is 1. The van der Waals surface area contributed by atoms with Crippen LogP contribution in [-0.4, -0.2) is 17.9 Å². The molecule has 2 aromatic rings. The summed E-state index contributed by atoms with van der Waals surface area (Å²) in [5.41, 5.74) is 2.46. The van der Waals surface area contributed by atoms with Crippen molar-refractivity contribution < 1.29 is 13.9 Å². The largest absolute Gasteiger partial charge is 0.496 e. The van der Waals surface area contributed by atoms with Gasteiger partial charge in [-0.2, -0.15) is 0 Å². The highest BCUT2D eigenvalue weighted by Gasteiger charge is 2.18. The first-order valence-corrected chi connectivity index (χ1v) is 5.79. The van der Waals surface area contributed by atoms with Crippen LogP contribution >= 0.6 is 11.3 Å². The molecule has 88 valence electrons. The second kappa shape index (κ2) is 4.63. The van der Waals surface area contributed by atoms with Crippen LogP contribution in [0.1, 0.15) is 20.9 Å². The Labute approximate surface area is 102 Å². The smallest absolute Gasteiger partial charge is 0.208 e. The van der Waals surface area contributed by atoms with Crippen molar-refractivity contribution in [1.82, 2.24) is 4.98 Å². The first-order chi connectivity index (χ1) is 8.13. The van der Waals surface area contributed by atoms with Gasteiger partial charge < -0.3 is 4.74 Å². The lowest BCUT2D eigenvalue weighted by Crippen LogP contribution is -2.04. The van der Waals surface area contributed by atoms with Gasteiger partial charge in [0.1, 0.15) is 11.6 Å². The van der Waals surface area contributed by atoms with Gasteiger partial charge >= 0.3 is 0 Å². The molecular formula is C12H10FNO2S. The number of carbonyl (C=O) groups is 1. The summed E-state index contributed by atoms with van der Waals surface area (Å²) in [4.78, 5) is 16.7. The minimum Gasteiger partial charge on any atom is -0.496 e. The molecule has 0 fully saturated rings. The van der Waals surface area contributed by atoms with Gasteiger partial charge in [0.05, 0.1) is 28.8 Å². The Balaban J connectivity index is 2.50. The van der Waals surface area contributed by atoms with E-state index in [2.05, 4.69) is 4.98 Å². The van der Waals surface area contributed by atoms with E-state index in [4.69, 9.17) is 4.74 Å². The summed E-state index contributed by atoms with van der Waals surface area (Å²) in [6, 6.07) is 3.88. The van der Waals surface area contributed by atoms with E-state index in [1.165, 1.54) is 36.6 Å². The molecule has 0 atom stereocenters. The first kappa shape index (κ1) is 11.7. The summed E-state index contributed by atoms with van der Waals surface area (Å²) in [5.74, 6) is -0.359. The zero-order chi connectivity index (χ0) is 12.4. The van der Waals surface area contributed by atoms with Crippen LogP contribution in [0.4, 0.5) is 4.39 Å². The van der Waals surface area contributed by atoms with Gasteiger partial charge in [0.25, 0.3) is 0 Å². The Morgan fingerprint density at radius 1 is 1.47 bits per heavy atom. The maximum atomic E-state index is 13.2. The van der Waals surface area contributed by atoms with Crippen LogP contribution in [0.5, 0.6) is 5.75 Å². The van der Waals surface area contributed by atoms with E-state index in [0.717, 1.165) is 0 Å². The molecule has 0 aliphatic heterocycles. The minimum absolute atomic E-state index is 0.222. The SMILES string of the molecule is COc1ccc(F)cc1C(=O)c1scnc1C. The van der Waals surface area contributed by atoms with Gasteiger partial charge in [-0.1, -0.05) is 0 Å². The molecule has 0 amide bonds. The van der Waals surface area contributed by atoms with Crippen molar-refractivity contribution in [2.45, 2.75) is 6.92 Å². The number of nitrogens with zero attached hydrogens (tertiary/aromatic N) is 1. The number of thiazole rings is 1. The molecule has 1 heterocycles. The number of hydrogen-bond donors (Lipinski definition) is 0. The summed E-state index contributed by atoms with van der Waals surface area (Å²) in [6.07, 6.45) is 0.